The van der Waals surface area contributed by atoms with Gasteiger partial charge in [0, 0.05) is 21.4 Å². The summed E-state index contributed by atoms with van der Waals surface area (Å²) in [6, 6.07) is 14.5. The number of amides is 2. The topological polar surface area (TPSA) is 114 Å². The molecule has 2 aromatic rings. The van der Waals surface area contributed by atoms with Crippen molar-refractivity contribution in [1.82, 2.24) is 10.6 Å². The highest BCUT2D eigenvalue weighted by molar-refractivity contribution is 9.10. The molecule has 39 heavy (non-hydrogen) atoms. The van der Waals surface area contributed by atoms with Gasteiger partial charge in [0.15, 0.2) is 0 Å². The van der Waals surface area contributed by atoms with Crippen molar-refractivity contribution >= 4 is 50.0 Å². The molecule has 10 heteroatoms. The summed E-state index contributed by atoms with van der Waals surface area (Å²) in [6.45, 7) is 12.8. The number of carboxylic acids is 1. The van der Waals surface area contributed by atoms with E-state index in [2.05, 4.69) is 61.5 Å². The summed E-state index contributed by atoms with van der Waals surface area (Å²) in [6.07, 6.45) is 0.790. The van der Waals surface area contributed by atoms with Crippen molar-refractivity contribution in [2.24, 2.45) is 0 Å². The average Bonchev–Trinajstić information content (AvgIpc) is 2.79. The number of aliphatic carboxylic acids is 1. The second-order valence-corrected chi connectivity index (χ2v) is 12.8. The number of carbonyl (C=O) groups excluding carboxylic acids is 2. The molecule has 0 saturated carbocycles. The molecule has 0 bridgehead atoms. The van der Waals surface area contributed by atoms with Crippen LogP contribution in [0.3, 0.4) is 0 Å². The Morgan fingerprint density at radius 1 is 0.744 bits per heavy atom. The Morgan fingerprint density at radius 2 is 1.13 bits per heavy atom. The van der Waals surface area contributed by atoms with E-state index in [4.69, 9.17) is 14.6 Å². The highest BCUT2D eigenvalue weighted by atomic mass is 79.9. The molecular formula is C29H40Br2N2O6. The first-order valence-electron chi connectivity index (χ1n) is 12.7. The second-order valence-electron chi connectivity index (χ2n) is 10.9. The van der Waals surface area contributed by atoms with Crippen molar-refractivity contribution < 1.29 is 29.0 Å². The van der Waals surface area contributed by atoms with E-state index in [9.17, 15) is 14.4 Å². The first kappa shape index (κ1) is 34.4. The van der Waals surface area contributed by atoms with E-state index >= 15 is 0 Å². The van der Waals surface area contributed by atoms with Gasteiger partial charge in [-0.2, -0.15) is 0 Å². The molecule has 8 nitrogen and oxygen atoms in total. The number of hydrogen-bond acceptors (Lipinski definition) is 5. The van der Waals surface area contributed by atoms with Crippen LogP contribution in [0.2, 0.25) is 0 Å². The number of hydrogen-bond donors (Lipinski definition) is 3. The highest BCUT2D eigenvalue weighted by Crippen LogP contribution is 2.15. The van der Waals surface area contributed by atoms with Crippen molar-refractivity contribution in [3.05, 3.63) is 68.6 Å². The van der Waals surface area contributed by atoms with Gasteiger partial charge in [0.2, 0.25) is 0 Å². The number of halogens is 2. The van der Waals surface area contributed by atoms with Gasteiger partial charge in [-0.3, -0.25) is 0 Å². The van der Waals surface area contributed by atoms with Crippen LogP contribution < -0.4 is 10.6 Å². The smallest absolute Gasteiger partial charge is 0.408 e. The van der Waals surface area contributed by atoms with Gasteiger partial charge in [0.25, 0.3) is 0 Å². The minimum Gasteiger partial charge on any atom is -0.480 e. The van der Waals surface area contributed by atoms with Crippen LogP contribution in [-0.2, 0) is 27.1 Å². The fourth-order valence-corrected chi connectivity index (χ4v) is 3.71. The predicted octanol–water partition coefficient (Wildman–Crippen LogP) is 7.26. The average molecular weight is 672 g/mol. The monoisotopic (exact) mass is 670 g/mol. The Labute approximate surface area is 248 Å². The van der Waals surface area contributed by atoms with Crippen LogP contribution >= 0.6 is 31.9 Å². The molecule has 0 aliphatic heterocycles. The molecule has 0 aromatic heterocycles. The zero-order valence-corrected chi connectivity index (χ0v) is 26.8. The van der Waals surface area contributed by atoms with Crippen molar-refractivity contribution in [1.29, 1.82) is 0 Å². The van der Waals surface area contributed by atoms with Crippen molar-refractivity contribution in [3.8, 4) is 0 Å². The van der Waals surface area contributed by atoms with E-state index < -0.39 is 29.3 Å². The molecular weight excluding hydrogens is 632 g/mol. The molecule has 0 fully saturated rings. The van der Waals surface area contributed by atoms with Crippen LogP contribution in [0.25, 0.3) is 0 Å². The van der Waals surface area contributed by atoms with Gasteiger partial charge < -0.3 is 25.2 Å². The molecule has 0 aliphatic rings. The summed E-state index contributed by atoms with van der Waals surface area (Å²) in [7, 11) is 0. The van der Waals surface area contributed by atoms with E-state index in [-0.39, 0.29) is 18.6 Å². The molecule has 2 amide bonds. The minimum absolute atomic E-state index is 0.0935. The molecule has 0 heterocycles. The van der Waals surface area contributed by atoms with Gasteiger partial charge in [0.05, 0.1) is 0 Å². The molecule has 2 unspecified atom stereocenters. The second kappa shape index (κ2) is 15.9. The molecule has 2 atom stereocenters. The maximum Gasteiger partial charge on any atom is 0.408 e. The van der Waals surface area contributed by atoms with E-state index in [0.29, 0.717) is 0 Å². The fourth-order valence-electron chi connectivity index (χ4n) is 3.18. The van der Waals surface area contributed by atoms with Crippen LogP contribution in [0.1, 0.15) is 66.0 Å². The summed E-state index contributed by atoms with van der Waals surface area (Å²) in [5, 5.41) is 14.4. The van der Waals surface area contributed by atoms with Crippen molar-refractivity contribution in [3.63, 3.8) is 0 Å². The third-order valence-corrected chi connectivity index (χ3v) is 6.01. The lowest BCUT2D eigenvalue weighted by Gasteiger charge is -2.23. The largest absolute Gasteiger partial charge is 0.480 e. The predicted molar refractivity (Wildman–Crippen MR) is 160 cm³/mol. The van der Waals surface area contributed by atoms with Crippen LogP contribution in [0, 0.1) is 0 Å². The first-order chi connectivity index (χ1) is 18.0. The number of benzene rings is 2. The summed E-state index contributed by atoms with van der Waals surface area (Å²) < 4.78 is 12.3. The van der Waals surface area contributed by atoms with Crippen LogP contribution in [0.5, 0.6) is 0 Å². The third-order valence-electron chi connectivity index (χ3n) is 4.95. The van der Waals surface area contributed by atoms with E-state index in [1.54, 1.807) is 32.9 Å². The van der Waals surface area contributed by atoms with Gasteiger partial charge in [-0.25, -0.2) is 14.4 Å². The summed E-state index contributed by atoms with van der Waals surface area (Å²) >= 11 is 6.72. The summed E-state index contributed by atoms with van der Waals surface area (Å²) in [5.74, 6) is -1.10. The van der Waals surface area contributed by atoms with Gasteiger partial charge >= 0.3 is 18.2 Å². The van der Waals surface area contributed by atoms with Gasteiger partial charge in [-0.1, -0.05) is 63.0 Å². The van der Waals surface area contributed by atoms with Crippen LogP contribution in [0.4, 0.5) is 9.59 Å². The lowest BCUT2D eigenvalue weighted by molar-refractivity contribution is -0.139. The zero-order valence-electron chi connectivity index (χ0n) is 23.6. The standard InChI is InChI=1S/C15H22BrNO2.C14H18BrNO4/c1-5-13(17-14(18)19-15(2,3)4)10-11-6-8-12(16)9-7-11;1-14(2,3)20-13(19)16-11(12(17)18)8-9-4-6-10(15)7-5-9/h6-9,13H,5,10H2,1-4H3,(H,17,18);4-7,11H,8H2,1-3H3,(H,16,19)(H,17,18). The number of nitrogens with one attached hydrogen (secondary N) is 2. The maximum atomic E-state index is 11.7. The Bertz CT molecular complexity index is 1060. The quantitative estimate of drug-likeness (QED) is 0.272. The van der Waals surface area contributed by atoms with E-state index in [1.807, 2.05) is 45.0 Å². The molecule has 0 radical (unpaired) electrons. The SMILES string of the molecule is CC(C)(C)OC(=O)NC(Cc1ccc(Br)cc1)C(=O)O.CCC(Cc1ccc(Br)cc1)NC(=O)OC(C)(C)C. The van der Waals surface area contributed by atoms with Crippen molar-refractivity contribution in [2.75, 3.05) is 0 Å². The highest BCUT2D eigenvalue weighted by Gasteiger charge is 2.24. The van der Waals surface area contributed by atoms with Gasteiger partial charge in [-0.05, 0) is 89.8 Å². The minimum atomic E-state index is -1.10. The molecule has 0 spiro atoms. The Balaban J connectivity index is 0.000000391. The molecule has 3 N–H and O–H groups in total. The number of rotatable bonds is 8. The Morgan fingerprint density at radius 3 is 1.49 bits per heavy atom. The molecule has 2 aromatic carbocycles. The van der Waals surface area contributed by atoms with Crippen LogP contribution in [-0.4, -0.2) is 46.5 Å². The molecule has 0 aliphatic carbocycles. The summed E-state index contributed by atoms with van der Waals surface area (Å²) in [4.78, 5) is 34.5. The number of carbonyl (C=O) groups is 3. The molecule has 0 saturated heterocycles. The Hall–Kier alpha value is -2.59. The molecule has 2 rings (SSSR count). The fraction of sp³-hybridized carbons (Fsp3) is 0.483. The number of ether oxygens (including phenoxy) is 2. The van der Waals surface area contributed by atoms with Crippen LogP contribution in [0.15, 0.2) is 57.5 Å². The molecule has 216 valence electrons. The Kier molecular flexibility index (Phi) is 14.0. The first-order valence-corrected chi connectivity index (χ1v) is 14.3. The third kappa shape index (κ3) is 16.2. The van der Waals surface area contributed by atoms with Crippen molar-refractivity contribution in [2.45, 2.75) is 91.0 Å². The number of alkyl carbamates (subject to hydrolysis) is 2. The van der Waals surface area contributed by atoms with Gasteiger partial charge in [-0.15, -0.1) is 0 Å². The lowest BCUT2D eigenvalue weighted by Crippen LogP contribution is -2.44. The maximum absolute atomic E-state index is 11.7. The van der Waals surface area contributed by atoms with Gasteiger partial charge in [0.1, 0.15) is 17.2 Å². The van der Waals surface area contributed by atoms with E-state index in [0.717, 1.165) is 27.4 Å². The zero-order chi connectivity index (χ0) is 29.8. The summed E-state index contributed by atoms with van der Waals surface area (Å²) in [5.41, 5.74) is 0.896. The lowest BCUT2D eigenvalue weighted by atomic mass is 10.0. The normalized spacial score (nSPS) is 12.7. The van der Waals surface area contributed by atoms with E-state index in [1.165, 1.54) is 5.56 Å². The number of carboxylic acid groups (broad SMARTS) is 1.